The van der Waals surface area contributed by atoms with Crippen LogP contribution < -0.4 is 0 Å². The zero-order valence-corrected chi connectivity index (χ0v) is 12.3. The van der Waals surface area contributed by atoms with Gasteiger partial charge in [0.2, 0.25) is 0 Å². The van der Waals surface area contributed by atoms with Crippen molar-refractivity contribution in [3.05, 3.63) is 34.9 Å². The third kappa shape index (κ3) is 3.49. The molecule has 0 aromatic heterocycles. The monoisotopic (exact) mass is 277 g/mol. The zero-order chi connectivity index (χ0) is 13.9. The lowest BCUT2D eigenvalue weighted by atomic mass is 9.68. The lowest BCUT2D eigenvalue weighted by molar-refractivity contribution is -0.103. The summed E-state index contributed by atoms with van der Waals surface area (Å²) in [5, 5.41) is 9.97. The molecule has 0 bridgehead atoms. The maximum absolute atomic E-state index is 9.18. The number of ether oxygens (including phenoxy) is 1. The molecule has 19 heavy (non-hydrogen) atoms. The highest BCUT2D eigenvalue weighted by Crippen LogP contribution is 2.44. The molecule has 1 heterocycles. The van der Waals surface area contributed by atoms with E-state index >= 15 is 0 Å². The Kier molecular flexibility index (Phi) is 4.18. The Morgan fingerprint density at radius 1 is 1.37 bits per heavy atom. The summed E-state index contributed by atoms with van der Waals surface area (Å²) in [6.45, 7) is 4.93. The summed E-state index contributed by atoms with van der Waals surface area (Å²) in [6, 6.07) is 10.3. The van der Waals surface area contributed by atoms with E-state index in [1.165, 1.54) is 0 Å². The first-order chi connectivity index (χ1) is 8.96. The Bertz CT molecular complexity index is 492. The van der Waals surface area contributed by atoms with E-state index < -0.39 is 0 Å². The van der Waals surface area contributed by atoms with Crippen LogP contribution in [0.25, 0.3) is 0 Å². The van der Waals surface area contributed by atoms with E-state index in [0.29, 0.717) is 6.42 Å². The predicted octanol–water partition coefficient (Wildman–Crippen LogP) is 4.37. The maximum Gasteiger partial charge on any atom is 0.0632 e. The fourth-order valence-corrected chi connectivity index (χ4v) is 3.37. The molecule has 1 saturated heterocycles. The van der Waals surface area contributed by atoms with Crippen LogP contribution in [-0.4, -0.2) is 12.2 Å². The molecule has 1 fully saturated rings. The minimum Gasteiger partial charge on any atom is -0.376 e. The molecule has 0 N–H and O–H groups in total. The molecule has 1 aliphatic heterocycles. The van der Waals surface area contributed by atoms with E-state index in [1.54, 1.807) is 0 Å². The van der Waals surface area contributed by atoms with Gasteiger partial charge in [-0.2, -0.15) is 5.26 Å². The topological polar surface area (TPSA) is 33.0 Å². The second kappa shape index (κ2) is 5.53. The van der Waals surface area contributed by atoms with Gasteiger partial charge >= 0.3 is 0 Å². The lowest BCUT2D eigenvalue weighted by Crippen LogP contribution is -2.42. The molecule has 1 atom stereocenters. The second-order valence-corrected chi connectivity index (χ2v) is 6.55. The number of hydrogen-bond donors (Lipinski definition) is 0. The van der Waals surface area contributed by atoms with Gasteiger partial charge in [-0.05, 0) is 50.2 Å². The highest BCUT2D eigenvalue weighted by molar-refractivity contribution is 6.31. The molecule has 102 valence electrons. The molecule has 0 amide bonds. The second-order valence-electron chi connectivity index (χ2n) is 6.14. The average Bonchev–Trinajstić information content (AvgIpc) is 2.31. The number of nitrogens with zero attached hydrogens (tertiary/aromatic N) is 1. The van der Waals surface area contributed by atoms with Gasteiger partial charge in [0.1, 0.15) is 0 Å². The number of nitriles is 1. The van der Waals surface area contributed by atoms with Crippen LogP contribution in [0, 0.1) is 16.7 Å². The standard InChI is InChI=1S/C16H20ClNO/c1-15(2)12-16(7-9-18,8-10-19-15)11-13-5-3-4-6-14(13)17/h3-6H,7-8,10-12H2,1-2H3/t16-/m1/s1. The third-order valence-corrected chi connectivity index (χ3v) is 4.27. The molecule has 0 aliphatic carbocycles. The molecule has 2 rings (SSSR count). The first-order valence-corrected chi connectivity index (χ1v) is 7.09. The SMILES string of the molecule is CC1(C)C[C@@](CC#N)(Cc2ccccc2Cl)CCO1. The van der Waals surface area contributed by atoms with Crippen LogP contribution in [0.1, 0.15) is 38.7 Å². The minimum atomic E-state index is -0.156. The number of rotatable bonds is 3. The van der Waals surface area contributed by atoms with E-state index in [1.807, 2.05) is 18.2 Å². The Balaban J connectivity index is 2.25. The molecule has 0 spiro atoms. The smallest absolute Gasteiger partial charge is 0.0632 e. The van der Waals surface area contributed by atoms with Gasteiger partial charge in [-0.3, -0.25) is 0 Å². The van der Waals surface area contributed by atoms with E-state index in [9.17, 15) is 5.26 Å². The summed E-state index contributed by atoms with van der Waals surface area (Å²) in [7, 11) is 0. The molecule has 1 aromatic rings. The largest absolute Gasteiger partial charge is 0.376 e. The van der Waals surface area contributed by atoms with Crippen molar-refractivity contribution in [3.63, 3.8) is 0 Å². The average molecular weight is 278 g/mol. The maximum atomic E-state index is 9.18. The summed E-state index contributed by atoms with van der Waals surface area (Å²) in [5.41, 5.74) is 0.967. The Morgan fingerprint density at radius 3 is 2.74 bits per heavy atom. The molecule has 1 aliphatic rings. The van der Waals surface area contributed by atoms with Gasteiger partial charge in [-0.15, -0.1) is 0 Å². The van der Waals surface area contributed by atoms with Crippen molar-refractivity contribution >= 4 is 11.6 Å². The van der Waals surface area contributed by atoms with Crippen molar-refractivity contribution in [3.8, 4) is 6.07 Å². The zero-order valence-electron chi connectivity index (χ0n) is 11.6. The van der Waals surface area contributed by atoms with Crippen LogP contribution in [0.5, 0.6) is 0 Å². The summed E-state index contributed by atoms with van der Waals surface area (Å²) in [5.74, 6) is 0. The van der Waals surface area contributed by atoms with Crippen LogP contribution in [0.3, 0.4) is 0 Å². The fraction of sp³-hybridized carbons (Fsp3) is 0.562. The minimum absolute atomic E-state index is 0.0124. The van der Waals surface area contributed by atoms with Gasteiger partial charge in [-0.1, -0.05) is 29.8 Å². The molecule has 1 aromatic carbocycles. The van der Waals surface area contributed by atoms with Gasteiger partial charge in [0, 0.05) is 18.1 Å². The van der Waals surface area contributed by atoms with Gasteiger partial charge in [0.15, 0.2) is 0 Å². The number of benzene rings is 1. The summed E-state index contributed by atoms with van der Waals surface area (Å²) >= 11 is 6.26. The highest BCUT2D eigenvalue weighted by Gasteiger charge is 2.41. The van der Waals surface area contributed by atoms with Gasteiger partial charge in [0.25, 0.3) is 0 Å². The quantitative estimate of drug-likeness (QED) is 0.822. The molecule has 0 unspecified atom stereocenters. The lowest BCUT2D eigenvalue weighted by Gasteiger charge is -2.44. The Labute approximate surface area is 120 Å². The van der Waals surface area contributed by atoms with Crippen LogP contribution in [0.4, 0.5) is 0 Å². The highest BCUT2D eigenvalue weighted by atomic mass is 35.5. The van der Waals surface area contributed by atoms with Crippen molar-refractivity contribution in [1.82, 2.24) is 0 Å². The van der Waals surface area contributed by atoms with Crippen molar-refractivity contribution in [1.29, 1.82) is 5.26 Å². The summed E-state index contributed by atoms with van der Waals surface area (Å²) in [6.07, 6.45) is 3.24. The van der Waals surface area contributed by atoms with Crippen molar-refractivity contribution < 1.29 is 4.74 Å². The number of hydrogen-bond acceptors (Lipinski definition) is 2. The normalized spacial score (nSPS) is 25.8. The molecule has 0 saturated carbocycles. The van der Waals surface area contributed by atoms with Crippen LogP contribution in [0.15, 0.2) is 24.3 Å². The van der Waals surface area contributed by atoms with Crippen molar-refractivity contribution in [2.24, 2.45) is 5.41 Å². The molecular weight excluding hydrogens is 258 g/mol. The third-order valence-electron chi connectivity index (χ3n) is 3.90. The molecule has 2 nitrogen and oxygen atoms in total. The molecule has 0 radical (unpaired) electrons. The molecule has 3 heteroatoms. The fourth-order valence-electron chi connectivity index (χ4n) is 3.16. The van der Waals surface area contributed by atoms with Crippen molar-refractivity contribution in [2.45, 2.75) is 45.1 Å². The van der Waals surface area contributed by atoms with E-state index in [2.05, 4.69) is 26.0 Å². The van der Waals surface area contributed by atoms with Crippen LogP contribution in [0.2, 0.25) is 5.02 Å². The number of halogens is 1. The van der Waals surface area contributed by atoms with Crippen LogP contribution >= 0.6 is 11.6 Å². The van der Waals surface area contributed by atoms with Crippen LogP contribution in [-0.2, 0) is 11.2 Å². The summed E-state index contributed by atoms with van der Waals surface area (Å²) in [4.78, 5) is 0. The van der Waals surface area contributed by atoms with E-state index in [4.69, 9.17) is 16.3 Å². The Hall–Kier alpha value is -1.04. The molecular formula is C16H20ClNO. The van der Waals surface area contributed by atoms with E-state index in [-0.39, 0.29) is 11.0 Å². The van der Waals surface area contributed by atoms with Gasteiger partial charge in [0.05, 0.1) is 11.7 Å². The van der Waals surface area contributed by atoms with E-state index in [0.717, 1.165) is 36.5 Å². The first-order valence-electron chi connectivity index (χ1n) is 6.71. The Morgan fingerprint density at radius 2 is 2.11 bits per heavy atom. The van der Waals surface area contributed by atoms with Gasteiger partial charge in [-0.25, -0.2) is 0 Å². The summed E-state index contributed by atoms with van der Waals surface area (Å²) < 4.78 is 5.79. The van der Waals surface area contributed by atoms with Crippen molar-refractivity contribution in [2.75, 3.05) is 6.61 Å². The predicted molar refractivity (Wildman–Crippen MR) is 77.1 cm³/mol. The van der Waals surface area contributed by atoms with Gasteiger partial charge < -0.3 is 4.74 Å². The first kappa shape index (κ1) is 14.4.